The third-order valence-corrected chi connectivity index (χ3v) is 5.67. The van der Waals surface area contributed by atoms with Gasteiger partial charge >= 0.3 is 0 Å². The summed E-state index contributed by atoms with van der Waals surface area (Å²) in [7, 11) is 1.57. The molecule has 1 aromatic heterocycles. The van der Waals surface area contributed by atoms with Crippen molar-refractivity contribution in [3.63, 3.8) is 0 Å². The van der Waals surface area contributed by atoms with Gasteiger partial charge in [-0.05, 0) is 38.1 Å². The second kappa shape index (κ2) is 7.42. The van der Waals surface area contributed by atoms with Crippen LogP contribution < -0.4 is 14.8 Å². The van der Waals surface area contributed by atoms with E-state index in [4.69, 9.17) is 9.47 Å². The zero-order valence-electron chi connectivity index (χ0n) is 17.0. The van der Waals surface area contributed by atoms with Crippen molar-refractivity contribution in [3.05, 3.63) is 41.7 Å². The van der Waals surface area contributed by atoms with Crippen LogP contribution in [0.25, 0.3) is 0 Å². The van der Waals surface area contributed by atoms with Crippen molar-refractivity contribution >= 4 is 11.8 Å². The van der Waals surface area contributed by atoms with Crippen molar-refractivity contribution < 1.29 is 19.1 Å². The first-order valence-electron chi connectivity index (χ1n) is 9.90. The lowest BCUT2D eigenvalue weighted by molar-refractivity contribution is 0.00724. The molecule has 2 aliphatic rings. The Balaban J connectivity index is 1.50. The van der Waals surface area contributed by atoms with Gasteiger partial charge in [-0.2, -0.15) is 5.10 Å². The second-order valence-corrected chi connectivity index (χ2v) is 7.88. The zero-order valence-corrected chi connectivity index (χ0v) is 17.0. The predicted molar refractivity (Wildman–Crippen MR) is 106 cm³/mol. The van der Waals surface area contributed by atoms with Crippen LogP contribution in [0.5, 0.6) is 11.5 Å². The van der Waals surface area contributed by atoms with Crippen LogP contribution in [0.3, 0.4) is 0 Å². The van der Waals surface area contributed by atoms with Gasteiger partial charge in [-0.15, -0.1) is 0 Å². The van der Waals surface area contributed by atoms with Crippen LogP contribution >= 0.6 is 0 Å². The molecule has 1 spiro atoms. The molecule has 1 N–H and O–H groups in total. The third-order valence-electron chi connectivity index (χ3n) is 5.67. The molecular formula is C21H26N4O4. The largest absolute Gasteiger partial charge is 0.497 e. The summed E-state index contributed by atoms with van der Waals surface area (Å²) in [6, 6.07) is 7.14. The summed E-state index contributed by atoms with van der Waals surface area (Å²) >= 11 is 0. The van der Waals surface area contributed by atoms with Crippen molar-refractivity contribution in [1.82, 2.24) is 20.0 Å². The normalized spacial score (nSPS) is 18.1. The molecule has 2 aromatic rings. The van der Waals surface area contributed by atoms with E-state index in [1.165, 1.54) is 0 Å². The summed E-state index contributed by atoms with van der Waals surface area (Å²) in [4.78, 5) is 27.3. The molecular weight excluding hydrogens is 372 g/mol. The fourth-order valence-electron chi connectivity index (χ4n) is 3.96. The topological polar surface area (TPSA) is 85.7 Å². The Morgan fingerprint density at radius 3 is 2.72 bits per heavy atom. The fourth-order valence-corrected chi connectivity index (χ4v) is 3.96. The van der Waals surface area contributed by atoms with E-state index >= 15 is 0 Å². The van der Waals surface area contributed by atoms with Crippen molar-refractivity contribution in [2.24, 2.45) is 0 Å². The minimum Gasteiger partial charge on any atom is -0.497 e. The van der Waals surface area contributed by atoms with Gasteiger partial charge in [0.05, 0.1) is 19.2 Å². The van der Waals surface area contributed by atoms with Crippen LogP contribution in [0, 0.1) is 0 Å². The number of carbonyl (C=O) groups excluding carboxylic acids is 2. The molecule has 1 aromatic carbocycles. The number of amides is 2. The van der Waals surface area contributed by atoms with Gasteiger partial charge in [-0.1, -0.05) is 0 Å². The molecule has 1 fully saturated rings. The molecule has 2 aliphatic heterocycles. The maximum absolute atomic E-state index is 13.0. The van der Waals surface area contributed by atoms with Crippen molar-refractivity contribution in [2.75, 3.05) is 26.7 Å². The number of hydrogen-bond acceptors (Lipinski definition) is 5. The van der Waals surface area contributed by atoms with E-state index < -0.39 is 5.60 Å². The summed E-state index contributed by atoms with van der Waals surface area (Å²) in [5.74, 6) is 0.975. The molecule has 0 radical (unpaired) electrons. The van der Waals surface area contributed by atoms with Crippen molar-refractivity contribution in [2.45, 2.75) is 38.3 Å². The SMILES string of the molecule is COc1ccc2c(c1)C(=O)NCC1(CCN(C(=O)c3ccnn3C(C)C)CC1)O2. The Morgan fingerprint density at radius 1 is 1.28 bits per heavy atom. The maximum atomic E-state index is 13.0. The summed E-state index contributed by atoms with van der Waals surface area (Å²) < 4.78 is 13.3. The fraction of sp³-hybridized carbons (Fsp3) is 0.476. The molecule has 0 aliphatic carbocycles. The number of benzene rings is 1. The van der Waals surface area contributed by atoms with Gasteiger partial charge < -0.3 is 19.7 Å². The Kier molecular flexibility index (Phi) is 4.94. The van der Waals surface area contributed by atoms with E-state index in [0.29, 0.717) is 55.2 Å². The Hall–Kier alpha value is -3.03. The predicted octanol–water partition coefficient (Wildman–Crippen LogP) is 2.27. The second-order valence-electron chi connectivity index (χ2n) is 7.88. The first-order valence-corrected chi connectivity index (χ1v) is 9.90. The molecule has 29 heavy (non-hydrogen) atoms. The highest BCUT2D eigenvalue weighted by Crippen LogP contribution is 2.35. The van der Waals surface area contributed by atoms with Gasteiger partial charge in [0.25, 0.3) is 11.8 Å². The van der Waals surface area contributed by atoms with E-state index in [-0.39, 0.29) is 17.9 Å². The number of likely N-dealkylation sites (tertiary alicyclic amines) is 1. The number of hydrogen-bond donors (Lipinski definition) is 1. The van der Waals surface area contributed by atoms with Gasteiger partial charge in [0.1, 0.15) is 22.8 Å². The van der Waals surface area contributed by atoms with Gasteiger partial charge in [0, 0.05) is 38.2 Å². The van der Waals surface area contributed by atoms with E-state index in [0.717, 1.165) is 0 Å². The Morgan fingerprint density at radius 2 is 2.03 bits per heavy atom. The van der Waals surface area contributed by atoms with Crippen molar-refractivity contribution in [3.8, 4) is 11.5 Å². The molecule has 0 atom stereocenters. The van der Waals surface area contributed by atoms with Crippen LogP contribution in [0.1, 0.15) is 53.6 Å². The maximum Gasteiger partial charge on any atom is 0.272 e. The summed E-state index contributed by atoms with van der Waals surface area (Å²) in [6.45, 7) is 5.54. The average molecular weight is 398 g/mol. The molecule has 1 saturated heterocycles. The third kappa shape index (κ3) is 3.54. The molecule has 0 unspecified atom stereocenters. The lowest BCUT2D eigenvalue weighted by Crippen LogP contribution is -2.54. The number of methoxy groups -OCH3 is 1. The van der Waals surface area contributed by atoms with E-state index in [9.17, 15) is 9.59 Å². The van der Waals surface area contributed by atoms with E-state index in [2.05, 4.69) is 10.4 Å². The molecule has 3 heterocycles. The molecule has 8 heteroatoms. The number of ether oxygens (including phenoxy) is 2. The molecule has 8 nitrogen and oxygen atoms in total. The number of piperidine rings is 1. The number of aromatic nitrogens is 2. The smallest absolute Gasteiger partial charge is 0.272 e. The van der Waals surface area contributed by atoms with Crippen LogP contribution in [0.15, 0.2) is 30.5 Å². The zero-order chi connectivity index (χ0) is 20.6. The Labute approximate surface area is 169 Å². The quantitative estimate of drug-likeness (QED) is 0.857. The number of fused-ring (bicyclic) bond motifs is 1. The number of rotatable bonds is 3. The minimum atomic E-state index is -0.523. The van der Waals surface area contributed by atoms with Crippen LogP contribution in [0.4, 0.5) is 0 Å². The van der Waals surface area contributed by atoms with Gasteiger partial charge in [0.15, 0.2) is 0 Å². The minimum absolute atomic E-state index is 0.0196. The number of nitrogens with zero attached hydrogens (tertiary/aromatic N) is 3. The van der Waals surface area contributed by atoms with Crippen molar-refractivity contribution in [1.29, 1.82) is 0 Å². The van der Waals surface area contributed by atoms with Gasteiger partial charge in [-0.25, -0.2) is 0 Å². The summed E-state index contributed by atoms with van der Waals surface area (Å²) in [5, 5.41) is 7.23. The van der Waals surface area contributed by atoms with Gasteiger partial charge in [-0.3, -0.25) is 14.3 Å². The highest BCUT2D eigenvalue weighted by Gasteiger charge is 2.41. The molecule has 0 bridgehead atoms. The van der Waals surface area contributed by atoms with E-state index in [1.807, 2.05) is 18.7 Å². The monoisotopic (exact) mass is 398 g/mol. The first-order chi connectivity index (χ1) is 13.9. The highest BCUT2D eigenvalue weighted by atomic mass is 16.5. The number of nitrogens with one attached hydrogen (secondary N) is 1. The molecule has 4 rings (SSSR count). The lowest BCUT2D eigenvalue weighted by atomic mass is 9.90. The van der Waals surface area contributed by atoms with Gasteiger partial charge in [0.2, 0.25) is 0 Å². The molecule has 154 valence electrons. The van der Waals surface area contributed by atoms with E-state index in [1.54, 1.807) is 42.3 Å². The molecule has 2 amide bonds. The Bertz CT molecular complexity index is 929. The van der Waals surface area contributed by atoms with Crippen LogP contribution in [0.2, 0.25) is 0 Å². The standard InChI is InChI=1S/C21H26N4O4/c1-14(2)25-17(6-9-23-25)20(27)24-10-7-21(8-11-24)13-22-19(26)16-12-15(28-3)4-5-18(16)29-21/h4-6,9,12,14H,7-8,10-11,13H2,1-3H3,(H,22,26). The number of carbonyl (C=O) groups is 2. The van der Waals surface area contributed by atoms with Crippen LogP contribution in [-0.2, 0) is 0 Å². The lowest BCUT2D eigenvalue weighted by Gasteiger charge is -2.41. The summed E-state index contributed by atoms with van der Waals surface area (Å²) in [6.07, 6.45) is 2.94. The first kappa shape index (κ1) is 19.3. The molecule has 0 saturated carbocycles. The average Bonchev–Trinajstić information content (AvgIpc) is 3.18. The summed E-state index contributed by atoms with van der Waals surface area (Å²) in [5.41, 5.74) is 0.550. The van der Waals surface area contributed by atoms with Crippen LogP contribution in [-0.4, -0.2) is 58.8 Å². The highest BCUT2D eigenvalue weighted by molar-refractivity contribution is 5.98.